The van der Waals surface area contributed by atoms with Gasteiger partial charge in [0, 0.05) is 0 Å². The van der Waals surface area contributed by atoms with Gasteiger partial charge < -0.3 is 0 Å². The summed E-state index contributed by atoms with van der Waals surface area (Å²) in [7, 11) is 0. The Morgan fingerprint density at radius 3 is 2.50 bits per heavy atom. The van der Waals surface area contributed by atoms with Crippen LogP contribution in [0.3, 0.4) is 0 Å². The summed E-state index contributed by atoms with van der Waals surface area (Å²) in [4.78, 5) is 0. The van der Waals surface area contributed by atoms with E-state index in [1.807, 2.05) is 6.07 Å². The molecule has 0 aliphatic heterocycles. The van der Waals surface area contributed by atoms with Gasteiger partial charge in [0.05, 0.1) is 5.38 Å². The van der Waals surface area contributed by atoms with Crippen LogP contribution in [0.2, 0.25) is 0 Å². The first-order valence-corrected chi connectivity index (χ1v) is 4.56. The second-order valence-corrected chi connectivity index (χ2v) is 3.69. The van der Waals surface area contributed by atoms with Crippen molar-refractivity contribution in [2.75, 3.05) is 0 Å². The average molecular weight is 179 g/mol. The molecule has 2 rings (SSSR count). The van der Waals surface area contributed by atoms with E-state index in [1.54, 1.807) is 0 Å². The number of alkyl halides is 1. The molecule has 0 amide bonds. The quantitative estimate of drug-likeness (QED) is 0.531. The number of halogens is 1. The van der Waals surface area contributed by atoms with Gasteiger partial charge in [-0.05, 0) is 36.1 Å². The lowest BCUT2D eigenvalue weighted by Crippen LogP contribution is -1.85. The van der Waals surface area contributed by atoms with E-state index in [4.69, 9.17) is 11.6 Å². The first-order valence-electron chi connectivity index (χ1n) is 4.12. The summed E-state index contributed by atoms with van der Waals surface area (Å²) in [5, 5.41) is 0.0983. The van der Waals surface area contributed by atoms with Gasteiger partial charge in [-0.25, -0.2) is 0 Å². The fraction of sp³-hybridized carbons (Fsp3) is 0.273. The van der Waals surface area contributed by atoms with E-state index in [0.29, 0.717) is 0 Å². The van der Waals surface area contributed by atoms with Crippen molar-refractivity contribution in [1.82, 2.24) is 0 Å². The molecule has 0 saturated carbocycles. The van der Waals surface area contributed by atoms with Gasteiger partial charge in [0.15, 0.2) is 0 Å². The third kappa shape index (κ3) is 0.914. The Morgan fingerprint density at radius 2 is 1.83 bits per heavy atom. The van der Waals surface area contributed by atoms with Crippen molar-refractivity contribution in [3.05, 3.63) is 41.0 Å². The molecule has 0 N–H and O–H groups in total. The minimum Gasteiger partial charge on any atom is -0.113 e. The number of benzene rings is 1. The topological polar surface area (TPSA) is 0 Å². The second kappa shape index (κ2) is 2.63. The van der Waals surface area contributed by atoms with Crippen molar-refractivity contribution < 1.29 is 0 Å². The highest BCUT2D eigenvalue weighted by atomic mass is 35.5. The van der Waals surface area contributed by atoms with Crippen LogP contribution in [0.4, 0.5) is 0 Å². The van der Waals surface area contributed by atoms with Crippen LogP contribution >= 0.6 is 11.6 Å². The van der Waals surface area contributed by atoms with Gasteiger partial charge in [-0.2, -0.15) is 0 Å². The SMILES string of the molecule is CC1=C(C)C(Cl)c2ccccc21. The van der Waals surface area contributed by atoms with Gasteiger partial charge in [0.25, 0.3) is 0 Å². The predicted octanol–water partition coefficient (Wildman–Crippen LogP) is 3.77. The van der Waals surface area contributed by atoms with Crippen LogP contribution in [-0.4, -0.2) is 0 Å². The molecule has 0 radical (unpaired) electrons. The van der Waals surface area contributed by atoms with E-state index in [-0.39, 0.29) is 5.38 Å². The van der Waals surface area contributed by atoms with E-state index in [1.165, 1.54) is 22.3 Å². The van der Waals surface area contributed by atoms with Crippen molar-refractivity contribution in [1.29, 1.82) is 0 Å². The summed E-state index contributed by atoms with van der Waals surface area (Å²) in [6.45, 7) is 4.24. The monoisotopic (exact) mass is 178 g/mol. The molecule has 0 fully saturated rings. The minimum atomic E-state index is 0.0983. The van der Waals surface area contributed by atoms with Crippen LogP contribution in [0.15, 0.2) is 29.8 Å². The molecule has 0 nitrogen and oxygen atoms in total. The summed E-state index contributed by atoms with van der Waals surface area (Å²) in [6.07, 6.45) is 0. The zero-order valence-corrected chi connectivity index (χ0v) is 8.02. The van der Waals surface area contributed by atoms with E-state index in [9.17, 15) is 0 Å². The lowest BCUT2D eigenvalue weighted by molar-refractivity contribution is 1.14. The van der Waals surface area contributed by atoms with E-state index in [0.717, 1.165) is 0 Å². The van der Waals surface area contributed by atoms with Crippen LogP contribution in [-0.2, 0) is 0 Å². The standard InChI is InChI=1S/C11H11Cl/c1-7-8(2)11(12)10-6-4-3-5-9(7)10/h3-6,11H,1-2H3. The van der Waals surface area contributed by atoms with Crippen molar-refractivity contribution in [3.63, 3.8) is 0 Å². The van der Waals surface area contributed by atoms with Crippen molar-refractivity contribution >= 4 is 17.2 Å². The first-order chi connectivity index (χ1) is 5.72. The van der Waals surface area contributed by atoms with Crippen LogP contribution in [0.5, 0.6) is 0 Å². The van der Waals surface area contributed by atoms with Crippen LogP contribution in [0.1, 0.15) is 30.4 Å². The lowest BCUT2D eigenvalue weighted by atomic mass is 10.1. The second-order valence-electron chi connectivity index (χ2n) is 3.26. The number of hydrogen-bond donors (Lipinski definition) is 0. The molecule has 0 aromatic heterocycles. The Labute approximate surface area is 77.9 Å². The normalized spacial score (nSPS) is 21.4. The fourth-order valence-electron chi connectivity index (χ4n) is 1.70. The highest BCUT2D eigenvalue weighted by Gasteiger charge is 2.23. The van der Waals surface area contributed by atoms with Gasteiger partial charge in [-0.1, -0.05) is 24.3 Å². The predicted molar refractivity (Wildman–Crippen MR) is 53.3 cm³/mol. The van der Waals surface area contributed by atoms with E-state index in [2.05, 4.69) is 32.0 Å². The highest BCUT2D eigenvalue weighted by Crippen LogP contribution is 2.43. The van der Waals surface area contributed by atoms with Crippen molar-refractivity contribution in [2.45, 2.75) is 19.2 Å². The molecule has 62 valence electrons. The summed E-state index contributed by atoms with van der Waals surface area (Å²) in [6, 6.07) is 8.34. The maximum absolute atomic E-state index is 6.23. The van der Waals surface area contributed by atoms with Gasteiger partial charge in [-0.15, -0.1) is 11.6 Å². The molecule has 1 atom stereocenters. The largest absolute Gasteiger partial charge is 0.113 e. The molecule has 0 heterocycles. The van der Waals surface area contributed by atoms with Crippen LogP contribution in [0, 0.1) is 0 Å². The molecule has 0 spiro atoms. The number of rotatable bonds is 0. The van der Waals surface area contributed by atoms with Crippen molar-refractivity contribution in [2.24, 2.45) is 0 Å². The van der Waals surface area contributed by atoms with Crippen LogP contribution < -0.4 is 0 Å². The molecular weight excluding hydrogens is 168 g/mol. The Kier molecular flexibility index (Phi) is 1.73. The maximum atomic E-state index is 6.23. The molecule has 0 saturated heterocycles. The molecule has 1 aromatic carbocycles. The molecular formula is C11H11Cl. The first kappa shape index (κ1) is 7.88. The molecule has 1 aromatic rings. The Hall–Kier alpha value is -0.750. The Balaban J connectivity index is 2.65. The fourth-order valence-corrected chi connectivity index (χ4v) is 2.05. The Morgan fingerprint density at radius 1 is 1.17 bits per heavy atom. The van der Waals surface area contributed by atoms with E-state index >= 15 is 0 Å². The van der Waals surface area contributed by atoms with E-state index < -0.39 is 0 Å². The third-order valence-electron chi connectivity index (χ3n) is 2.61. The molecule has 12 heavy (non-hydrogen) atoms. The van der Waals surface area contributed by atoms with Crippen LogP contribution in [0.25, 0.3) is 5.57 Å². The Bertz CT molecular complexity index is 350. The summed E-state index contributed by atoms with van der Waals surface area (Å²) >= 11 is 6.23. The zero-order valence-electron chi connectivity index (χ0n) is 7.26. The number of hydrogen-bond acceptors (Lipinski definition) is 0. The summed E-state index contributed by atoms with van der Waals surface area (Å²) in [5.74, 6) is 0. The highest BCUT2D eigenvalue weighted by molar-refractivity contribution is 6.24. The third-order valence-corrected chi connectivity index (χ3v) is 3.17. The average Bonchev–Trinajstić information content (AvgIpc) is 2.33. The van der Waals surface area contributed by atoms with Gasteiger partial charge in [0.1, 0.15) is 0 Å². The maximum Gasteiger partial charge on any atom is 0.0804 e. The number of fused-ring (bicyclic) bond motifs is 1. The zero-order chi connectivity index (χ0) is 8.72. The summed E-state index contributed by atoms with van der Waals surface area (Å²) in [5.41, 5.74) is 5.20. The molecule has 1 heteroatoms. The number of allylic oxidation sites excluding steroid dienone is 2. The van der Waals surface area contributed by atoms with Crippen molar-refractivity contribution in [3.8, 4) is 0 Å². The molecule has 1 unspecified atom stereocenters. The minimum absolute atomic E-state index is 0.0983. The molecule has 1 aliphatic carbocycles. The van der Waals surface area contributed by atoms with Gasteiger partial charge >= 0.3 is 0 Å². The lowest BCUT2D eigenvalue weighted by Gasteiger charge is -2.03. The smallest absolute Gasteiger partial charge is 0.0804 e. The summed E-state index contributed by atoms with van der Waals surface area (Å²) < 4.78 is 0. The molecule has 1 aliphatic rings. The van der Waals surface area contributed by atoms with Gasteiger partial charge in [0.2, 0.25) is 0 Å². The van der Waals surface area contributed by atoms with Gasteiger partial charge in [-0.3, -0.25) is 0 Å². The molecule has 0 bridgehead atoms.